The van der Waals surface area contributed by atoms with Crippen molar-refractivity contribution in [1.29, 1.82) is 0 Å². The van der Waals surface area contributed by atoms with Gasteiger partial charge in [-0.1, -0.05) is 127 Å². The first kappa shape index (κ1) is 37.7. The summed E-state index contributed by atoms with van der Waals surface area (Å²) < 4.78 is 44.0. The molecule has 1 fully saturated rings. The Balaban J connectivity index is 1.17. The number of carbonyl (C=O) groups is 1. The molecule has 4 aromatic carbocycles. The highest BCUT2D eigenvalue weighted by atomic mass is 35.5. The molecular formula is C39H40Cl2N4O6S. The molecule has 5 aromatic rings. The van der Waals surface area contributed by atoms with E-state index in [-0.39, 0.29) is 47.7 Å². The van der Waals surface area contributed by atoms with Gasteiger partial charge in [0.05, 0.1) is 36.6 Å². The number of amides is 1. The topological polar surface area (TPSA) is 132 Å². The van der Waals surface area contributed by atoms with E-state index in [4.69, 9.17) is 32.7 Å². The average Bonchev–Trinajstić information content (AvgIpc) is 3.47. The van der Waals surface area contributed by atoms with Crippen molar-refractivity contribution in [2.75, 3.05) is 0 Å². The summed E-state index contributed by atoms with van der Waals surface area (Å²) >= 11 is 12.5. The Bertz CT molecular complexity index is 2060. The number of carbonyl (C=O) groups excluding carboxylic acids is 1. The van der Waals surface area contributed by atoms with E-state index in [2.05, 4.69) is 21.9 Å². The Hall–Kier alpha value is -4.07. The van der Waals surface area contributed by atoms with Crippen LogP contribution in [-0.2, 0) is 50.4 Å². The molecule has 272 valence electrons. The van der Waals surface area contributed by atoms with Crippen LogP contribution in [0.25, 0.3) is 0 Å². The van der Waals surface area contributed by atoms with E-state index in [1.165, 1.54) is 12.1 Å². The number of sulfonamides is 1. The molecule has 0 unspecified atom stereocenters. The summed E-state index contributed by atoms with van der Waals surface area (Å²) in [5.41, 5.74) is 5.06. The van der Waals surface area contributed by atoms with Gasteiger partial charge in [0.2, 0.25) is 15.9 Å². The summed E-state index contributed by atoms with van der Waals surface area (Å²) in [5.74, 6) is -0.539. The minimum Gasteiger partial charge on any atom is -0.392 e. The van der Waals surface area contributed by atoms with Gasteiger partial charge >= 0.3 is 0 Å². The van der Waals surface area contributed by atoms with Crippen molar-refractivity contribution in [3.63, 3.8) is 0 Å². The number of hydrogen-bond donors (Lipinski definition) is 3. The number of rotatable bonds is 13. The highest BCUT2D eigenvalue weighted by Crippen LogP contribution is 2.42. The van der Waals surface area contributed by atoms with Crippen LogP contribution in [0, 0.1) is 12.8 Å². The van der Waals surface area contributed by atoms with Crippen molar-refractivity contribution in [2.45, 2.75) is 69.4 Å². The molecule has 1 saturated heterocycles. The molecule has 52 heavy (non-hydrogen) atoms. The molecule has 3 N–H and O–H groups in total. The number of halogens is 2. The molecule has 0 spiro atoms. The van der Waals surface area contributed by atoms with Gasteiger partial charge in [-0.15, -0.1) is 0 Å². The summed E-state index contributed by atoms with van der Waals surface area (Å²) in [6.45, 7) is 4.44. The van der Waals surface area contributed by atoms with Crippen LogP contribution in [0.5, 0.6) is 0 Å². The standard InChI is InChI=1S/C39H40Cl2N4O6S/c1-25-8-18-32(19-9-25)52(48,49)44-33(20-27-6-4-3-5-7-27)38(47)42-21-28-10-16-31(17-11-28)39-50-34(22-45-24-43-36(40)37(45)41)26(2)35(51-39)30-14-12-29(23-46)13-15-30/h3-19,24,26,33-35,39,44,46H,20-23H2,1-2H3,(H,42,47)/t26-,33+,34+,35+,39+/m0/s1. The Morgan fingerprint density at radius 2 is 1.54 bits per heavy atom. The highest BCUT2D eigenvalue weighted by molar-refractivity contribution is 7.89. The number of imidazole rings is 1. The SMILES string of the molecule is Cc1ccc(S(=O)(=O)N[C@H](Cc2ccccc2)C(=O)NCc2ccc([C@@H]3O[C@H](Cn4cnc(Cl)c4Cl)[C@H](C)[C@H](c4ccc(CO)cc4)O3)cc2)cc1. The van der Waals surface area contributed by atoms with Crippen LogP contribution in [0.4, 0.5) is 0 Å². The van der Waals surface area contributed by atoms with E-state index in [0.717, 1.165) is 33.4 Å². The first-order valence-corrected chi connectivity index (χ1v) is 19.1. The maximum atomic E-state index is 13.5. The smallest absolute Gasteiger partial charge is 0.241 e. The van der Waals surface area contributed by atoms with Crippen LogP contribution in [0.3, 0.4) is 0 Å². The third-order valence-electron chi connectivity index (χ3n) is 9.18. The fraction of sp³-hybridized carbons (Fsp3) is 0.282. The summed E-state index contributed by atoms with van der Waals surface area (Å²) in [6, 6.07) is 29.9. The van der Waals surface area contributed by atoms with E-state index in [1.807, 2.05) is 85.8 Å². The summed E-state index contributed by atoms with van der Waals surface area (Å²) in [5, 5.41) is 13.0. The van der Waals surface area contributed by atoms with Gasteiger partial charge in [-0.25, -0.2) is 13.4 Å². The lowest BCUT2D eigenvalue weighted by Gasteiger charge is -2.41. The van der Waals surface area contributed by atoms with Gasteiger partial charge < -0.3 is 24.5 Å². The molecule has 13 heteroatoms. The molecule has 0 saturated carbocycles. The lowest BCUT2D eigenvalue weighted by atomic mass is 9.90. The second kappa shape index (κ2) is 16.7. The minimum absolute atomic E-state index is 0.0564. The number of benzene rings is 4. The molecule has 10 nitrogen and oxygen atoms in total. The normalized spacial score (nSPS) is 19.6. The average molecular weight is 764 g/mol. The number of aryl methyl sites for hydroxylation is 1. The Morgan fingerprint density at radius 3 is 2.17 bits per heavy atom. The third-order valence-corrected chi connectivity index (χ3v) is 11.4. The van der Waals surface area contributed by atoms with E-state index in [0.29, 0.717) is 11.7 Å². The number of nitrogens with zero attached hydrogens (tertiary/aromatic N) is 2. The lowest BCUT2D eigenvalue weighted by molar-refractivity contribution is -0.276. The van der Waals surface area contributed by atoms with Gasteiger partial charge in [0.1, 0.15) is 11.2 Å². The molecule has 1 aliphatic rings. The maximum absolute atomic E-state index is 13.5. The zero-order valence-electron chi connectivity index (χ0n) is 28.7. The number of aliphatic hydroxyl groups is 1. The Morgan fingerprint density at radius 1 is 0.885 bits per heavy atom. The molecule has 0 bridgehead atoms. The number of hydrogen-bond acceptors (Lipinski definition) is 7. The first-order valence-electron chi connectivity index (χ1n) is 16.9. The Kier molecular flexibility index (Phi) is 12.1. The zero-order valence-corrected chi connectivity index (χ0v) is 31.0. The summed E-state index contributed by atoms with van der Waals surface area (Å²) in [4.78, 5) is 17.7. The fourth-order valence-corrected chi connectivity index (χ4v) is 7.62. The van der Waals surface area contributed by atoms with Crippen molar-refractivity contribution in [1.82, 2.24) is 19.6 Å². The number of ether oxygens (including phenoxy) is 2. The zero-order chi connectivity index (χ0) is 36.8. The predicted molar refractivity (Wildman–Crippen MR) is 199 cm³/mol. The molecule has 1 amide bonds. The minimum atomic E-state index is -3.97. The van der Waals surface area contributed by atoms with Crippen molar-refractivity contribution < 1.29 is 27.8 Å². The highest BCUT2D eigenvalue weighted by Gasteiger charge is 2.39. The molecule has 0 aliphatic carbocycles. The molecular weight excluding hydrogens is 723 g/mol. The second-order valence-electron chi connectivity index (χ2n) is 12.9. The van der Waals surface area contributed by atoms with Crippen LogP contribution in [0.1, 0.15) is 52.7 Å². The summed E-state index contributed by atoms with van der Waals surface area (Å²) in [6.07, 6.45) is 0.368. The van der Waals surface area contributed by atoms with Crippen LogP contribution >= 0.6 is 23.2 Å². The van der Waals surface area contributed by atoms with Crippen molar-refractivity contribution in [3.8, 4) is 0 Å². The van der Waals surface area contributed by atoms with Crippen molar-refractivity contribution >= 4 is 39.1 Å². The third kappa shape index (κ3) is 9.10. The maximum Gasteiger partial charge on any atom is 0.241 e. The monoisotopic (exact) mass is 762 g/mol. The molecule has 6 rings (SSSR count). The van der Waals surface area contributed by atoms with Gasteiger partial charge in [-0.3, -0.25) is 4.79 Å². The van der Waals surface area contributed by atoms with Crippen LogP contribution in [0.2, 0.25) is 10.3 Å². The quantitative estimate of drug-likeness (QED) is 0.122. The second-order valence-corrected chi connectivity index (χ2v) is 15.4. The van der Waals surface area contributed by atoms with E-state index < -0.39 is 28.3 Å². The van der Waals surface area contributed by atoms with Crippen LogP contribution in [-0.4, -0.2) is 41.1 Å². The fourth-order valence-electron chi connectivity index (χ4n) is 6.11. The van der Waals surface area contributed by atoms with E-state index >= 15 is 0 Å². The molecule has 1 aliphatic heterocycles. The first-order chi connectivity index (χ1) is 25.0. The largest absolute Gasteiger partial charge is 0.392 e. The Labute approximate surface area is 313 Å². The van der Waals surface area contributed by atoms with Gasteiger partial charge in [-0.2, -0.15) is 4.72 Å². The number of nitrogens with one attached hydrogen (secondary N) is 2. The van der Waals surface area contributed by atoms with Crippen LogP contribution < -0.4 is 10.0 Å². The summed E-state index contributed by atoms with van der Waals surface area (Å²) in [7, 11) is -3.97. The van der Waals surface area contributed by atoms with Gasteiger partial charge in [0.25, 0.3) is 0 Å². The molecule has 2 heterocycles. The van der Waals surface area contributed by atoms with Gasteiger partial charge in [-0.05, 0) is 47.7 Å². The number of aliphatic hydroxyl groups excluding tert-OH is 1. The molecule has 5 atom stereocenters. The lowest BCUT2D eigenvalue weighted by Crippen LogP contribution is -2.47. The molecule has 1 aromatic heterocycles. The van der Waals surface area contributed by atoms with Crippen molar-refractivity contribution in [2.24, 2.45) is 5.92 Å². The van der Waals surface area contributed by atoms with Gasteiger partial charge in [0.15, 0.2) is 11.4 Å². The molecule has 0 radical (unpaired) electrons. The van der Waals surface area contributed by atoms with E-state index in [9.17, 15) is 18.3 Å². The predicted octanol–water partition coefficient (Wildman–Crippen LogP) is 6.69. The van der Waals surface area contributed by atoms with Crippen LogP contribution in [0.15, 0.2) is 114 Å². The van der Waals surface area contributed by atoms with Crippen molar-refractivity contribution in [3.05, 3.63) is 153 Å². The number of aromatic nitrogens is 2. The van der Waals surface area contributed by atoms with Gasteiger partial charge in [0, 0.05) is 18.0 Å². The van der Waals surface area contributed by atoms with E-state index in [1.54, 1.807) is 23.0 Å².